The predicted molar refractivity (Wildman–Crippen MR) is 76.5 cm³/mol. The van der Waals surface area contributed by atoms with Crippen LogP contribution in [0.5, 0.6) is 0 Å². The van der Waals surface area contributed by atoms with Crippen LogP contribution in [0.2, 0.25) is 0 Å². The molecule has 4 rings (SSSR count). The molecule has 3 aliphatic heterocycles. The van der Waals surface area contributed by atoms with Crippen molar-refractivity contribution in [3.8, 4) is 0 Å². The van der Waals surface area contributed by atoms with Crippen LogP contribution in [0.15, 0.2) is 0 Å². The highest BCUT2D eigenvalue weighted by molar-refractivity contribution is 5.76. The second-order valence-corrected chi connectivity index (χ2v) is 8.21. The molecule has 0 aromatic heterocycles. The Balaban J connectivity index is 1.44. The number of hydrogen-bond donors (Lipinski definition) is 1. The van der Waals surface area contributed by atoms with Crippen molar-refractivity contribution in [1.29, 1.82) is 0 Å². The Morgan fingerprint density at radius 1 is 1.20 bits per heavy atom. The molecule has 4 heteroatoms. The van der Waals surface area contributed by atoms with E-state index in [4.69, 9.17) is 4.74 Å². The Hall–Kier alpha value is -0.770. The van der Waals surface area contributed by atoms with Gasteiger partial charge in [0.25, 0.3) is 0 Å². The summed E-state index contributed by atoms with van der Waals surface area (Å²) in [7, 11) is 0. The lowest BCUT2D eigenvalue weighted by Gasteiger charge is -2.40. The second-order valence-electron chi connectivity index (χ2n) is 8.21. The highest BCUT2D eigenvalue weighted by Crippen LogP contribution is 2.59. The van der Waals surface area contributed by atoms with E-state index < -0.39 is 0 Å². The average Bonchev–Trinajstić information content (AvgIpc) is 2.95. The van der Waals surface area contributed by atoms with Gasteiger partial charge >= 0.3 is 6.03 Å². The highest BCUT2D eigenvalue weighted by Gasteiger charge is 2.55. The largest absolute Gasteiger partial charge is 0.379 e. The van der Waals surface area contributed by atoms with Crippen molar-refractivity contribution in [2.45, 2.75) is 70.5 Å². The monoisotopic (exact) mass is 278 g/mol. The number of hydrogen-bond acceptors (Lipinski definition) is 2. The van der Waals surface area contributed by atoms with Gasteiger partial charge in [-0.3, -0.25) is 0 Å². The van der Waals surface area contributed by atoms with Crippen molar-refractivity contribution >= 4 is 6.03 Å². The van der Waals surface area contributed by atoms with Crippen LogP contribution in [0.25, 0.3) is 0 Å². The summed E-state index contributed by atoms with van der Waals surface area (Å²) in [5, 5.41) is 3.25. The van der Waals surface area contributed by atoms with E-state index >= 15 is 0 Å². The maximum Gasteiger partial charge on any atom is 0.318 e. The molecule has 0 aromatic rings. The van der Waals surface area contributed by atoms with Crippen LogP contribution in [-0.4, -0.2) is 42.3 Å². The van der Waals surface area contributed by atoms with Gasteiger partial charge in [-0.05, 0) is 43.9 Å². The molecule has 20 heavy (non-hydrogen) atoms. The van der Waals surface area contributed by atoms with E-state index in [9.17, 15) is 4.79 Å². The van der Waals surface area contributed by atoms with E-state index in [0.717, 1.165) is 6.61 Å². The summed E-state index contributed by atoms with van der Waals surface area (Å²) in [4.78, 5) is 14.9. The van der Waals surface area contributed by atoms with Crippen molar-refractivity contribution in [3.63, 3.8) is 0 Å². The lowest BCUT2D eigenvalue weighted by atomic mass is 9.87. The Bertz CT molecular complexity index is 414. The summed E-state index contributed by atoms with van der Waals surface area (Å²) in [5.74, 6) is 0. The van der Waals surface area contributed by atoms with Crippen molar-refractivity contribution in [2.75, 3.05) is 13.2 Å². The molecule has 1 aliphatic carbocycles. The average molecular weight is 278 g/mol. The molecule has 3 heterocycles. The SMILES string of the molecule is CC1(C)COCC1NC(=O)N1C2CCC1CC1(CC1)C2. The highest BCUT2D eigenvalue weighted by atomic mass is 16.5. The van der Waals surface area contributed by atoms with Gasteiger partial charge in [0.2, 0.25) is 0 Å². The van der Waals surface area contributed by atoms with Gasteiger partial charge in [0.1, 0.15) is 0 Å². The third-order valence-electron chi connectivity index (χ3n) is 6.15. The first-order valence-electron chi connectivity index (χ1n) is 8.16. The maximum absolute atomic E-state index is 12.7. The molecule has 3 saturated heterocycles. The minimum Gasteiger partial charge on any atom is -0.379 e. The standard InChI is InChI=1S/C16H26N2O2/c1-15(2)10-20-9-13(15)17-14(19)18-11-3-4-12(18)8-16(7-11)5-6-16/h11-13H,3-10H2,1-2H3,(H,17,19). The molecule has 4 aliphatic rings. The van der Waals surface area contributed by atoms with Gasteiger partial charge < -0.3 is 15.0 Å². The molecule has 2 bridgehead atoms. The van der Waals surface area contributed by atoms with E-state index in [-0.39, 0.29) is 17.5 Å². The minimum absolute atomic E-state index is 0.0577. The summed E-state index contributed by atoms with van der Waals surface area (Å²) in [6.45, 7) is 5.75. The van der Waals surface area contributed by atoms with Crippen LogP contribution < -0.4 is 5.32 Å². The molecule has 3 unspecified atom stereocenters. The Morgan fingerprint density at radius 2 is 1.85 bits per heavy atom. The second kappa shape index (κ2) is 4.12. The zero-order valence-electron chi connectivity index (χ0n) is 12.7. The summed E-state index contributed by atoms with van der Waals surface area (Å²) < 4.78 is 5.54. The molecular formula is C16H26N2O2. The molecule has 1 N–H and O–H groups in total. The molecule has 2 amide bonds. The van der Waals surface area contributed by atoms with Gasteiger partial charge in [0.15, 0.2) is 0 Å². The van der Waals surface area contributed by atoms with Gasteiger partial charge in [-0.1, -0.05) is 13.8 Å². The molecular weight excluding hydrogens is 252 g/mol. The van der Waals surface area contributed by atoms with Crippen LogP contribution in [0.1, 0.15) is 52.4 Å². The quantitative estimate of drug-likeness (QED) is 0.801. The lowest BCUT2D eigenvalue weighted by molar-refractivity contribution is 0.108. The van der Waals surface area contributed by atoms with Gasteiger partial charge in [-0.2, -0.15) is 0 Å². The van der Waals surface area contributed by atoms with Gasteiger partial charge in [-0.15, -0.1) is 0 Å². The first-order valence-corrected chi connectivity index (χ1v) is 8.16. The summed E-state index contributed by atoms with van der Waals surface area (Å²) in [5.41, 5.74) is 0.695. The van der Waals surface area contributed by atoms with Gasteiger partial charge in [0, 0.05) is 17.5 Å². The first-order chi connectivity index (χ1) is 9.49. The lowest BCUT2D eigenvalue weighted by Crippen LogP contribution is -2.55. The van der Waals surface area contributed by atoms with Gasteiger partial charge in [-0.25, -0.2) is 4.79 Å². The number of nitrogens with zero attached hydrogens (tertiary/aromatic N) is 1. The molecule has 1 saturated carbocycles. The number of carbonyl (C=O) groups is 1. The smallest absolute Gasteiger partial charge is 0.318 e. The topological polar surface area (TPSA) is 41.6 Å². The van der Waals surface area contributed by atoms with Crippen molar-refractivity contribution < 1.29 is 9.53 Å². The Labute approximate surface area is 121 Å². The minimum atomic E-state index is 0.0577. The number of piperidine rings is 1. The molecule has 1 spiro atoms. The number of rotatable bonds is 1. The summed E-state index contributed by atoms with van der Waals surface area (Å²) in [6.07, 6.45) is 7.73. The number of fused-ring (bicyclic) bond motifs is 2. The van der Waals surface area contributed by atoms with Gasteiger partial charge in [0.05, 0.1) is 19.3 Å². The van der Waals surface area contributed by atoms with Crippen molar-refractivity contribution in [1.82, 2.24) is 10.2 Å². The molecule has 4 nitrogen and oxygen atoms in total. The van der Waals surface area contributed by atoms with Crippen LogP contribution in [-0.2, 0) is 4.74 Å². The molecule has 0 aromatic carbocycles. The van der Waals surface area contributed by atoms with Crippen LogP contribution in [0.4, 0.5) is 4.79 Å². The summed E-state index contributed by atoms with van der Waals surface area (Å²) in [6, 6.07) is 1.33. The third kappa shape index (κ3) is 1.95. The van der Waals surface area contributed by atoms with Crippen molar-refractivity contribution in [3.05, 3.63) is 0 Å². The maximum atomic E-state index is 12.7. The number of amides is 2. The predicted octanol–water partition coefficient (Wildman–Crippen LogP) is 2.53. The number of carbonyl (C=O) groups excluding carboxylic acids is 1. The van der Waals surface area contributed by atoms with Crippen LogP contribution >= 0.6 is 0 Å². The number of nitrogens with one attached hydrogen (secondary N) is 1. The Kier molecular flexibility index (Phi) is 2.67. The van der Waals surface area contributed by atoms with E-state index in [2.05, 4.69) is 24.1 Å². The van der Waals surface area contributed by atoms with E-state index in [1.54, 1.807) is 0 Å². The molecule has 112 valence electrons. The number of urea groups is 1. The zero-order valence-corrected chi connectivity index (χ0v) is 12.7. The van der Waals surface area contributed by atoms with Crippen LogP contribution in [0.3, 0.4) is 0 Å². The van der Waals surface area contributed by atoms with Crippen molar-refractivity contribution in [2.24, 2.45) is 10.8 Å². The fourth-order valence-electron chi connectivity index (χ4n) is 4.59. The first kappa shape index (κ1) is 12.9. The zero-order chi connectivity index (χ0) is 14.0. The van der Waals surface area contributed by atoms with E-state index in [1.165, 1.54) is 38.5 Å². The molecule has 0 radical (unpaired) electrons. The summed E-state index contributed by atoms with van der Waals surface area (Å²) >= 11 is 0. The Morgan fingerprint density at radius 3 is 2.35 bits per heavy atom. The fraction of sp³-hybridized carbons (Fsp3) is 0.938. The normalized spacial score (nSPS) is 40.1. The van der Waals surface area contributed by atoms with E-state index in [0.29, 0.717) is 24.1 Å². The molecule has 4 fully saturated rings. The third-order valence-corrected chi connectivity index (χ3v) is 6.15. The van der Waals surface area contributed by atoms with E-state index in [1.807, 2.05) is 0 Å². The number of ether oxygens (including phenoxy) is 1. The molecule has 3 atom stereocenters. The fourth-order valence-corrected chi connectivity index (χ4v) is 4.59. The van der Waals surface area contributed by atoms with Crippen LogP contribution in [0, 0.1) is 10.8 Å².